The molecule has 11 heteroatoms. The lowest BCUT2D eigenvalue weighted by Gasteiger charge is -2.32. The van der Waals surface area contributed by atoms with E-state index in [4.69, 9.17) is 15.2 Å². The molecule has 1 aliphatic heterocycles. The third-order valence-electron chi connectivity index (χ3n) is 5.76. The number of hydrogen-bond acceptors (Lipinski definition) is 5. The third kappa shape index (κ3) is 4.12. The average molecular weight is 455 g/mol. The van der Waals surface area contributed by atoms with E-state index < -0.39 is 47.3 Å². The lowest BCUT2D eigenvalue weighted by molar-refractivity contribution is -0.272. The maximum absolute atomic E-state index is 13.9. The molecule has 0 saturated carbocycles. The molecule has 1 aromatic heterocycles. The van der Waals surface area contributed by atoms with Crippen LogP contribution in [0.25, 0.3) is 0 Å². The number of nitrogens with two attached hydrogens (primary N) is 1. The fraction of sp³-hybridized carbons (Fsp3) is 0.381. The number of ether oxygens (including phenoxy) is 2. The summed E-state index contributed by atoms with van der Waals surface area (Å²) in [6, 6.07) is 5.92. The molecule has 3 rings (SSSR count). The second kappa shape index (κ2) is 8.38. The van der Waals surface area contributed by atoms with Crippen LogP contribution in [0.15, 0.2) is 36.5 Å². The number of carbonyl (C=O) groups excluding carboxylic acids is 2. The summed E-state index contributed by atoms with van der Waals surface area (Å²) in [5.74, 6) is -4.72. The van der Waals surface area contributed by atoms with E-state index in [1.165, 1.54) is 38.4 Å². The van der Waals surface area contributed by atoms with E-state index in [1.54, 1.807) is 0 Å². The van der Waals surface area contributed by atoms with Gasteiger partial charge in [-0.2, -0.15) is 13.2 Å². The molecular weight excluding hydrogens is 434 g/mol. The van der Waals surface area contributed by atoms with E-state index in [1.807, 2.05) is 0 Å². The monoisotopic (exact) mass is 455 g/mol. The van der Waals surface area contributed by atoms with Crippen molar-refractivity contribution in [2.45, 2.75) is 37.6 Å². The summed E-state index contributed by atoms with van der Waals surface area (Å²) in [5.41, 5.74) is 2.67. The molecule has 1 fully saturated rings. The van der Waals surface area contributed by atoms with Crippen LogP contribution in [0.1, 0.15) is 35.8 Å². The molecule has 0 unspecified atom stereocenters. The Bertz CT molecular complexity index is 1050. The molecule has 7 nitrogen and oxygen atoms in total. The first-order valence-corrected chi connectivity index (χ1v) is 9.53. The number of halogens is 4. The Kier molecular flexibility index (Phi) is 6.14. The highest BCUT2D eigenvalue weighted by molar-refractivity contribution is 5.97. The summed E-state index contributed by atoms with van der Waals surface area (Å²) in [6.07, 6.45) is -5.17. The number of alkyl halides is 3. The number of amides is 2. The Labute approximate surface area is 180 Å². The van der Waals surface area contributed by atoms with E-state index in [0.717, 1.165) is 19.1 Å². The summed E-state index contributed by atoms with van der Waals surface area (Å²) in [4.78, 5) is 28.1. The fourth-order valence-electron chi connectivity index (χ4n) is 3.84. The number of nitrogens with zero attached hydrogens (tertiary/aromatic N) is 1. The normalized spacial score (nSPS) is 25.4. The lowest BCUT2D eigenvalue weighted by Crippen LogP contribution is -2.47. The van der Waals surface area contributed by atoms with Crippen molar-refractivity contribution in [2.75, 3.05) is 12.4 Å². The van der Waals surface area contributed by atoms with Gasteiger partial charge in [-0.15, -0.1) is 0 Å². The van der Waals surface area contributed by atoms with Gasteiger partial charge in [-0.25, -0.2) is 4.39 Å². The zero-order chi connectivity index (χ0) is 23.8. The minimum Gasteiger partial charge on any atom is -0.496 e. The highest BCUT2D eigenvalue weighted by Crippen LogP contribution is 2.54. The largest absolute Gasteiger partial charge is 0.496 e. The Hall–Kier alpha value is -3.21. The summed E-state index contributed by atoms with van der Waals surface area (Å²) in [5, 5.41) is 2.44. The third-order valence-corrected chi connectivity index (χ3v) is 5.76. The highest BCUT2D eigenvalue weighted by Gasteiger charge is 2.65. The van der Waals surface area contributed by atoms with Crippen LogP contribution in [0.2, 0.25) is 0 Å². The van der Waals surface area contributed by atoms with Gasteiger partial charge < -0.3 is 20.5 Å². The van der Waals surface area contributed by atoms with Crippen LogP contribution in [0.3, 0.4) is 0 Å². The molecule has 2 heterocycles. The van der Waals surface area contributed by atoms with Crippen LogP contribution in [-0.4, -0.2) is 41.8 Å². The molecule has 32 heavy (non-hydrogen) atoms. The van der Waals surface area contributed by atoms with E-state index >= 15 is 0 Å². The fourth-order valence-corrected chi connectivity index (χ4v) is 3.84. The van der Waals surface area contributed by atoms with E-state index in [9.17, 15) is 27.2 Å². The van der Waals surface area contributed by atoms with Gasteiger partial charge in [0.25, 0.3) is 11.8 Å². The van der Waals surface area contributed by atoms with Crippen LogP contribution in [0.5, 0.6) is 5.75 Å². The topological polar surface area (TPSA) is 104 Å². The van der Waals surface area contributed by atoms with Crippen molar-refractivity contribution < 1.29 is 36.6 Å². The highest BCUT2D eigenvalue weighted by atomic mass is 19.4. The molecule has 172 valence electrons. The van der Waals surface area contributed by atoms with Crippen molar-refractivity contribution >= 4 is 17.5 Å². The van der Waals surface area contributed by atoms with Gasteiger partial charge in [0.15, 0.2) is 5.60 Å². The average Bonchev–Trinajstić information content (AvgIpc) is 3.00. The maximum Gasteiger partial charge on any atom is 0.417 e. The van der Waals surface area contributed by atoms with Crippen molar-refractivity contribution in [1.29, 1.82) is 0 Å². The first kappa shape index (κ1) is 23.5. The number of carbonyl (C=O) groups is 2. The molecule has 2 aromatic rings. The molecule has 0 aliphatic carbocycles. The maximum atomic E-state index is 13.9. The number of aromatic nitrogens is 1. The Morgan fingerprint density at radius 2 is 1.94 bits per heavy atom. The van der Waals surface area contributed by atoms with Gasteiger partial charge in [0, 0.05) is 35.3 Å². The van der Waals surface area contributed by atoms with Crippen molar-refractivity contribution in [3.05, 3.63) is 53.6 Å². The zero-order valence-corrected chi connectivity index (χ0v) is 17.4. The molecule has 2 amide bonds. The molecule has 4 atom stereocenters. The van der Waals surface area contributed by atoms with Crippen LogP contribution in [-0.2, 0) is 9.53 Å². The number of hydrogen-bond donors (Lipinski definition) is 2. The van der Waals surface area contributed by atoms with Crippen molar-refractivity contribution in [3.8, 4) is 5.75 Å². The number of methoxy groups -OCH3 is 1. The molecule has 1 saturated heterocycles. The quantitative estimate of drug-likeness (QED) is 0.673. The molecule has 0 radical (unpaired) electrons. The first-order valence-electron chi connectivity index (χ1n) is 9.53. The van der Waals surface area contributed by atoms with Crippen LogP contribution < -0.4 is 15.8 Å². The van der Waals surface area contributed by atoms with E-state index in [2.05, 4.69) is 10.3 Å². The molecule has 1 aromatic carbocycles. The van der Waals surface area contributed by atoms with E-state index in [0.29, 0.717) is 0 Å². The second-order valence-corrected chi connectivity index (χ2v) is 7.63. The van der Waals surface area contributed by atoms with Crippen LogP contribution >= 0.6 is 0 Å². The number of nitrogens with one attached hydrogen (secondary N) is 1. The molecule has 1 aliphatic rings. The summed E-state index contributed by atoms with van der Waals surface area (Å²) in [7, 11) is 1.25. The Morgan fingerprint density at radius 3 is 2.53 bits per heavy atom. The number of primary amides is 1. The summed E-state index contributed by atoms with van der Waals surface area (Å²) in [6.45, 7) is 2.18. The van der Waals surface area contributed by atoms with E-state index in [-0.39, 0.29) is 22.7 Å². The van der Waals surface area contributed by atoms with Crippen LogP contribution in [0.4, 0.5) is 23.2 Å². The summed E-state index contributed by atoms with van der Waals surface area (Å²) >= 11 is 0. The number of benzene rings is 1. The molecule has 0 bridgehead atoms. The van der Waals surface area contributed by atoms with Crippen molar-refractivity contribution in [2.24, 2.45) is 11.7 Å². The van der Waals surface area contributed by atoms with Crippen LogP contribution in [0, 0.1) is 11.7 Å². The molecule has 3 N–H and O–H groups in total. The smallest absolute Gasteiger partial charge is 0.417 e. The van der Waals surface area contributed by atoms with Gasteiger partial charge in [0.05, 0.1) is 7.11 Å². The van der Waals surface area contributed by atoms with Gasteiger partial charge in [0.1, 0.15) is 23.4 Å². The Balaban J connectivity index is 2.04. The van der Waals surface area contributed by atoms with Gasteiger partial charge in [0.2, 0.25) is 0 Å². The predicted octanol–water partition coefficient (Wildman–Crippen LogP) is 3.41. The number of anilines is 1. The summed E-state index contributed by atoms with van der Waals surface area (Å²) < 4.78 is 66.0. The second-order valence-electron chi connectivity index (χ2n) is 7.63. The van der Waals surface area contributed by atoms with Gasteiger partial charge in [-0.1, -0.05) is 13.0 Å². The van der Waals surface area contributed by atoms with Gasteiger partial charge >= 0.3 is 6.18 Å². The SMILES string of the molecule is COc1cc(F)ccc1[C@@H]1[C@@H](C(=O)Nc2ccnc(C(N)=O)c2)O[C@@](C)(C(F)(F)F)[C@@H]1C. The number of rotatable bonds is 5. The molecule has 0 spiro atoms. The minimum absolute atomic E-state index is 0.00500. The first-order chi connectivity index (χ1) is 14.9. The van der Waals surface area contributed by atoms with Gasteiger partial charge in [-0.05, 0) is 25.1 Å². The van der Waals surface area contributed by atoms with Crippen molar-refractivity contribution in [1.82, 2.24) is 4.98 Å². The zero-order valence-electron chi connectivity index (χ0n) is 17.4. The number of pyridine rings is 1. The minimum atomic E-state index is -4.79. The van der Waals surface area contributed by atoms with Gasteiger partial charge in [-0.3, -0.25) is 14.6 Å². The lowest BCUT2D eigenvalue weighted by atomic mass is 9.77. The Morgan fingerprint density at radius 1 is 1.25 bits per heavy atom. The molecular formula is C21H21F4N3O4. The predicted molar refractivity (Wildman–Crippen MR) is 106 cm³/mol. The van der Waals surface area contributed by atoms with Crippen molar-refractivity contribution in [3.63, 3.8) is 0 Å². The standard InChI is InChI=1S/C21H21F4N3O4/c1-10-16(13-5-4-11(22)8-15(13)31-3)17(32-20(10,2)21(23,24)25)19(30)28-12-6-7-27-14(9-12)18(26)29/h4-10,16-17H,1-3H3,(H2,26,29)(H,27,28,30)/t10-,16-,17+,20-/m1/s1.